The Morgan fingerprint density at radius 2 is 1.71 bits per heavy atom. The van der Waals surface area contributed by atoms with Crippen LogP contribution in [0.2, 0.25) is 0 Å². The van der Waals surface area contributed by atoms with E-state index in [0.29, 0.717) is 17.6 Å². The van der Waals surface area contributed by atoms with E-state index < -0.39 is 0 Å². The minimum Gasteiger partial charge on any atom is -0.352 e. The lowest BCUT2D eigenvalue weighted by molar-refractivity contribution is 0.0952. The van der Waals surface area contributed by atoms with E-state index in [4.69, 9.17) is 0 Å². The highest BCUT2D eigenvalue weighted by Crippen LogP contribution is 2.29. The number of carbonyl (C=O) groups is 1. The van der Waals surface area contributed by atoms with Crippen LogP contribution >= 0.6 is 11.9 Å². The predicted octanol–water partition coefficient (Wildman–Crippen LogP) is 5.49. The molecule has 6 nitrogen and oxygen atoms in total. The number of benzene rings is 2. The van der Waals surface area contributed by atoms with Crippen molar-refractivity contribution in [1.82, 2.24) is 19.5 Å². The summed E-state index contributed by atoms with van der Waals surface area (Å²) in [6, 6.07) is 18.3. The zero-order valence-corrected chi connectivity index (χ0v) is 23.1. The fourth-order valence-corrected chi connectivity index (χ4v) is 6.76. The molecule has 1 amide bonds. The maximum absolute atomic E-state index is 13.1. The van der Waals surface area contributed by atoms with Gasteiger partial charge in [-0.3, -0.25) is 9.59 Å². The molecule has 2 N–H and O–H groups in total. The van der Waals surface area contributed by atoms with Gasteiger partial charge in [-0.1, -0.05) is 43.2 Å². The third-order valence-electron chi connectivity index (χ3n) is 7.87. The van der Waals surface area contributed by atoms with Crippen LogP contribution in [0.25, 0.3) is 10.9 Å². The number of amides is 1. The normalized spacial score (nSPS) is 17.9. The number of piperidine rings is 1. The van der Waals surface area contributed by atoms with E-state index in [0.717, 1.165) is 55.3 Å². The van der Waals surface area contributed by atoms with Gasteiger partial charge in [0.1, 0.15) is 0 Å². The summed E-state index contributed by atoms with van der Waals surface area (Å²) in [5.41, 5.74) is 2.37. The molecule has 202 valence electrons. The van der Waals surface area contributed by atoms with Crippen LogP contribution in [0.5, 0.6) is 0 Å². The fourth-order valence-electron chi connectivity index (χ4n) is 5.72. The van der Waals surface area contributed by atoms with Crippen molar-refractivity contribution in [3.63, 3.8) is 0 Å². The smallest absolute Gasteiger partial charge is 0.252 e. The highest BCUT2D eigenvalue weighted by molar-refractivity contribution is 7.97. The summed E-state index contributed by atoms with van der Waals surface area (Å²) in [4.78, 5) is 31.9. The molecule has 0 aliphatic carbocycles. The van der Waals surface area contributed by atoms with E-state index >= 15 is 0 Å². The van der Waals surface area contributed by atoms with Gasteiger partial charge < -0.3 is 15.2 Å². The Balaban J connectivity index is 1.12. The van der Waals surface area contributed by atoms with Gasteiger partial charge in [0, 0.05) is 41.5 Å². The van der Waals surface area contributed by atoms with Gasteiger partial charge in [-0.25, -0.2) is 4.31 Å². The molecule has 2 aliphatic heterocycles. The van der Waals surface area contributed by atoms with Crippen LogP contribution in [0.1, 0.15) is 60.9 Å². The van der Waals surface area contributed by atoms with E-state index in [1.54, 1.807) is 11.9 Å². The molecule has 2 saturated heterocycles. The Kier molecular flexibility index (Phi) is 9.55. The van der Waals surface area contributed by atoms with Crippen LogP contribution in [0.15, 0.2) is 64.3 Å². The van der Waals surface area contributed by atoms with Crippen molar-refractivity contribution in [2.45, 2.75) is 56.3 Å². The number of nitrogens with one attached hydrogen (secondary N) is 2. The number of hydrogen-bond donors (Lipinski definition) is 2. The summed E-state index contributed by atoms with van der Waals surface area (Å²) >= 11 is 1.76. The van der Waals surface area contributed by atoms with E-state index in [2.05, 4.69) is 55.9 Å². The van der Waals surface area contributed by atoms with Crippen LogP contribution in [-0.4, -0.2) is 59.4 Å². The van der Waals surface area contributed by atoms with Crippen LogP contribution in [-0.2, 0) is 6.42 Å². The maximum atomic E-state index is 13.1. The van der Waals surface area contributed by atoms with E-state index in [-0.39, 0.29) is 11.5 Å². The van der Waals surface area contributed by atoms with Crippen LogP contribution in [0.3, 0.4) is 0 Å². The molecule has 0 atom stereocenters. The first-order chi connectivity index (χ1) is 18.6. The number of hydrogen-bond acceptors (Lipinski definition) is 5. The van der Waals surface area contributed by atoms with E-state index in [9.17, 15) is 9.59 Å². The Bertz CT molecular complexity index is 1250. The summed E-state index contributed by atoms with van der Waals surface area (Å²) in [5, 5.41) is 3.88. The Morgan fingerprint density at radius 1 is 0.947 bits per heavy atom. The number of fused-ring (bicyclic) bond motifs is 1. The summed E-state index contributed by atoms with van der Waals surface area (Å²) < 4.78 is 2.42. The van der Waals surface area contributed by atoms with E-state index in [1.807, 2.05) is 12.1 Å². The first-order valence-electron chi connectivity index (χ1n) is 14.3. The standard InChI is InChI=1S/C31H40N4O2S/c36-30-23-28(27-22-26(11-12-29(27)33-30)38-35-17-6-1-2-7-18-35)31(37)32-15-8-16-34-19-13-25(14-20-34)21-24-9-4-3-5-10-24/h3-5,9-12,22-23,25H,1-2,6-8,13-21H2,(H,32,37)(H,33,36). The molecular weight excluding hydrogens is 492 g/mol. The quantitative estimate of drug-likeness (QED) is 0.282. The zero-order chi connectivity index (χ0) is 26.2. The number of aromatic nitrogens is 1. The van der Waals surface area contributed by atoms with Crippen molar-refractivity contribution in [2.75, 3.05) is 39.3 Å². The lowest BCUT2D eigenvalue weighted by Gasteiger charge is -2.32. The highest BCUT2D eigenvalue weighted by atomic mass is 32.2. The largest absolute Gasteiger partial charge is 0.352 e. The fraction of sp³-hybridized carbons (Fsp3) is 0.484. The number of aromatic amines is 1. The highest BCUT2D eigenvalue weighted by Gasteiger charge is 2.19. The van der Waals surface area contributed by atoms with Gasteiger partial charge in [0.05, 0.1) is 5.56 Å². The molecule has 0 radical (unpaired) electrons. The Labute approximate surface area is 230 Å². The molecule has 2 aliphatic rings. The molecule has 5 rings (SSSR count). The number of nitrogens with zero attached hydrogens (tertiary/aromatic N) is 2. The average Bonchev–Trinajstić information content (AvgIpc) is 3.21. The van der Waals surface area contributed by atoms with Crippen molar-refractivity contribution in [1.29, 1.82) is 0 Å². The molecule has 0 unspecified atom stereocenters. The second-order valence-corrected chi connectivity index (χ2v) is 11.9. The van der Waals surface area contributed by atoms with Gasteiger partial charge in [-0.2, -0.15) is 0 Å². The molecule has 3 aromatic rings. The minimum absolute atomic E-state index is 0.167. The van der Waals surface area contributed by atoms with Crippen molar-refractivity contribution < 1.29 is 4.79 Å². The van der Waals surface area contributed by atoms with Gasteiger partial charge >= 0.3 is 0 Å². The van der Waals surface area contributed by atoms with Gasteiger partial charge in [0.25, 0.3) is 5.91 Å². The van der Waals surface area contributed by atoms with Gasteiger partial charge in [-0.05, 0) is 99.8 Å². The van der Waals surface area contributed by atoms with Crippen LogP contribution in [0.4, 0.5) is 0 Å². The number of likely N-dealkylation sites (tertiary alicyclic amines) is 1. The second-order valence-electron chi connectivity index (χ2n) is 10.8. The topological polar surface area (TPSA) is 68.4 Å². The van der Waals surface area contributed by atoms with Crippen LogP contribution in [0, 0.1) is 5.92 Å². The molecule has 0 bridgehead atoms. The summed E-state index contributed by atoms with van der Waals surface area (Å²) in [6.07, 6.45) is 9.61. The van der Waals surface area contributed by atoms with Gasteiger partial charge in [0.2, 0.25) is 5.56 Å². The van der Waals surface area contributed by atoms with Crippen molar-refractivity contribution in [2.24, 2.45) is 5.92 Å². The zero-order valence-electron chi connectivity index (χ0n) is 22.3. The molecule has 3 heterocycles. The maximum Gasteiger partial charge on any atom is 0.252 e. The first-order valence-corrected chi connectivity index (χ1v) is 15.1. The molecular formula is C31H40N4O2S. The molecule has 2 fully saturated rings. The molecule has 7 heteroatoms. The van der Waals surface area contributed by atoms with Crippen molar-refractivity contribution in [3.05, 3.63) is 76.1 Å². The second kappa shape index (κ2) is 13.5. The molecule has 38 heavy (non-hydrogen) atoms. The van der Waals surface area contributed by atoms with Crippen molar-refractivity contribution >= 4 is 28.8 Å². The third kappa shape index (κ3) is 7.49. The molecule has 2 aromatic carbocycles. The predicted molar refractivity (Wildman–Crippen MR) is 157 cm³/mol. The lowest BCUT2D eigenvalue weighted by Crippen LogP contribution is -2.36. The number of H-pyrrole nitrogens is 1. The summed E-state index contributed by atoms with van der Waals surface area (Å²) in [6.45, 7) is 6.03. The average molecular weight is 533 g/mol. The van der Waals surface area contributed by atoms with Crippen molar-refractivity contribution in [3.8, 4) is 0 Å². The van der Waals surface area contributed by atoms with Crippen LogP contribution < -0.4 is 10.9 Å². The molecule has 1 aromatic heterocycles. The Hall–Kier alpha value is -2.61. The van der Waals surface area contributed by atoms with Gasteiger partial charge in [-0.15, -0.1) is 0 Å². The van der Waals surface area contributed by atoms with E-state index in [1.165, 1.54) is 56.6 Å². The summed E-state index contributed by atoms with van der Waals surface area (Å²) in [5.74, 6) is 0.597. The first kappa shape index (κ1) is 27.0. The molecule has 0 saturated carbocycles. The Morgan fingerprint density at radius 3 is 2.47 bits per heavy atom. The molecule has 0 spiro atoms. The number of carbonyl (C=O) groups excluding carboxylic acids is 1. The summed E-state index contributed by atoms with van der Waals surface area (Å²) in [7, 11) is 0. The third-order valence-corrected chi connectivity index (χ3v) is 8.96. The minimum atomic E-state index is -0.242. The number of pyridine rings is 1. The number of rotatable bonds is 9. The van der Waals surface area contributed by atoms with Gasteiger partial charge in [0.15, 0.2) is 0 Å². The lowest BCUT2D eigenvalue weighted by atomic mass is 9.90. The SMILES string of the molecule is O=C(NCCCN1CCC(Cc2ccccc2)CC1)c1cc(=O)[nH]c2ccc(SN3CCCCCC3)cc12. The monoisotopic (exact) mass is 532 g/mol.